The van der Waals surface area contributed by atoms with E-state index in [1.165, 1.54) is 24.3 Å². The van der Waals surface area contributed by atoms with Crippen LogP contribution < -0.4 is 5.32 Å². The SMILES string of the molecule is O=C(C=Cc1ccc(F)c(Cl)c1)Nc1ccc(CO)cc1. The minimum Gasteiger partial charge on any atom is -0.392 e. The van der Waals surface area contributed by atoms with Gasteiger partial charge in [0.1, 0.15) is 5.82 Å². The maximum atomic E-state index is 13.0. The van der Waals surface area contributed by atoms with Crippen LogP contribution in [0, 0.1) is 5.82 Å². The molecule has 3 nitrogen and oxygen atoms in total. The summed E-state index contributed by atoms with van der Waals surface area (Å²) in [5.41, 5.74) is 2.02. The molecule has 5 heteroatoms. The van der Waals surface area contributed by atoms with Gasteiger partial charge >= 0.3 is 0 Å². The number of rotatable bonds is 4. The Morgan fingerprint density at radius 2 is 1.95 bits per heavy atom. The summed E-state index contributed by atoms with van der Waals surface area (Å²) >= 11 is 5.66. The van der Waals surface area contributed by atoms with Gasteiger partial charge in [-0.2, -0.15) is 0 Å². The quantitative estimate of drug-likeness (QED) is 0.848. The number of aliphatic hydroxyl groups excluding tert-OH is 1. The van der Waals surface area contributed by atoms with E-state index in [0.29, 0.717) is 11.3 Å². The molecular formula is C16H13ClFNO2. The molecule has 0 saturated carbocycles. The summed E-state index contributed by atoms with van der Waals surface area (Å²) in [7, 11) is 0. The summed E-state index contributed by atoms with van der Waals surface area (Å²) in [6.07, 6.45) is 2.88. The van der Waals surface area contributed by atoms with Crippen molar-refractivity contribution in [1.29, 1.82) is 0 Å². The highest BCUT2D eigenvalue weighted by Crippen LogP contribution is 2.17. The fraction of sp³-hybridized carbons (Fsp3) is 0.0625. The van der Waals surface area contributed by atoms with E-state index in [2.05, 4.69) is 5.32 Å². The molecule has 0 heterocycles. The number of hydrogen-bond acceptors (Lipinski definition) is 2. The van der Waals surface area contributed by atoms with Gasteiger partial charge < -0.3 is 10.4 Å². The van der Waals surface area contributed by atoms with E-state index >= 15 is 0 Å². The zero-order valence-electron chi connectivity index (χ0n) is 11.0. The first-order chi connectivity index (χ1) is 10.1. The van der Waals surface area contributed by atoms with Crippen LogP contribution >= 0.6 is 11.6 Å². The third-order valence-electron chi connectivity index (χ3n) is 2.77. The van der Waals surface area contributed by atoms with Crippen LogP contribution in [0.1, 0.15) is 11.1 Å². The number of carbonyl (C=O) groups is 1. The molecule has 2 aromatic carbocycles. The number of carbonyl (C=O) groups excluding carboxylic acids is 1. The van der Waals surface area contributed by atoms with Crippen LogP contribution in [0.15, 0.2) is 48.5 Å². The second kappa shape index (κ2) is 7.02. The van der Waals surface area contributed by atoms with Crippen molar-refractivity contribution >= 4 is 29.3 Å². The lowest BCUT2D eigenvalue weighted by molar-refractivity contribution is -0.111. The summed E-state index contributed by atoms with van der Waals surface area (Å²) < 4.78 is 13.0. The topological polar surface area (TPSA) is 49.3 Å². The van der Waals surface area contributed by atoms with Crippen molar-refractivity contribution in [2.24, 2.45) is 0 Å². The highest BCUT2D eigenvalue weighted by molar-refractivity contribution is 6.30. The Kier molecular flexibility index (Phi) is 5.09. The van der Waals surface area contributed by atoms with Gasteiger partial charge in [0.05, 0.1) is 11.6 Å². The monoisotopic (exact) mass is 305 g/mol. The average Bonchev–Trinajstić information content (AvgIpc) is 2.49. The van der Waals surface area contributed by atoms with Gasteiger partial charge in [-0.25, -0.2) is 4.39 Å². The predicted octanol–water partition coefficient (Wildman–Crippen LogP) is 3.62. The van der Waals surface area contributed by atoms with Crippen LogP contribution in [0.2, 0.25) is 5.02 Å². The van der Waals surface area contributed by atoms with Gasteiger partial charge in [0.15, 0.2) is 0 Å². The lowest BCUT2D eigenvalue weighted by atomic mass is 10.2. The van der Waals surface area contributed by atoms with Crippen molar-refractivity contribution in [3.05, 3.63) is 70.5 Å². The number of halogens is 2. The third kappa shape index (κ3) is 4.41. The number of nitrogens with one attached hydrogen (secondary N) is 1. The van der Waals surface area contributed by atoms with Gasteiger partial charge in [-0.05, 0) is 41.5 Å². The Bertz CT molecular complexity index is 668. The van der Waals surface area contributed by atoms with Crippen LogP contribution in [-0.4, -0.2) is 11.0 Å². The Morgan fingerprint density at radius 3 is 2.57 bits per heavy atom. The van der Waals surface area contributed by atoms with E-state index in [1.54, 1.807) is 30.3 Å². The van der Waals surface area contributed by atoms with Crippen LogP contribution in [0.3, 0.4) is 0 Å². The molecule has 2 N–H and O–H groups in total. The molecule has 0 aromatic heterocycles. The van der Waals surface area contributed by atoms with Crippen LogP contribution in [-0.2, 0) is 11.4 Å². The van der Waals surface area contributed by atoms with Gasteiger partial charge in [0, 0.05) is 11.8 Å². The summed E-state index contributed by atoms with van der Waals surface area (Å²) in [5, 5.41) is 11.6. The van der Waals surface area contributed by atoms with E-state index in [0.717, 1.165) is 5.56 Å². The van der Waals surface area contributed by atoms with Crippen LogP contribution in [0.5, 0.6) is 0 Å². The van der Waals surface area contributed by atoms with Crippen LogP contribution in [0.25, 0.3) is 6.08 Å². The van der Waals surface area contributed by atoms with E-state index in [9.17, 15) is 9.18 Å². The molecule has 1 amide bonds. The zero-order chi connectivity index (χ0) is 15.2. The first-order valence-corrected chi connectivity index (χ1v) is 6.60. The largest absolute Gasteiger partial charge is 0.392 e. The van der Waals surface area contributed by atoms with Crippen molar-refractivity contribution in [2.45, 2.75) is 6.61 Å². The van der Waals surface area contributed by atoms with E-state index in [-0.39, 0.29) is 17.5 Å². The Hall–Kier alpha value is -2.17. The molecule has 0 atom stereocenters. The minimum absolute atomic E-state index is 0.0113. The first-order valence-electron chi connectivity index (χ1n) is 6.22. The molecule has 2 rings (SSSR count). The molecule has 0 aliphatic carbocycles. The number of hydrogen-bond donors (Lipinski definition) is 2. The summed E-state index contributed by atoms with van der Waals surface area (Å²) in [6.45, 7) is -0.0422. The second-order valence-electron chi connectivity index (χ2n) is 4.35. The molecule has 0 bridgehead atoms. The van der Waals surface area contributed by atoms with Gasteiger partial charge in [0.25, 0.3) is 0 Å². The molecular weight excluding hydrogens is 293 g/mol. The van der Waals surface area contributed by atoms with Crippen molar-refractivity contribution in [2.75, 3.05) is 5.32 Å². The lowest BCUT2D eigenvalue weighted by Crippen LogP contribution is -2.07. The van der Waals surface area contributed by atoms with Gasteiger partial charge in [0.2, 0.25) is 5.91 Å². The van der Waals surface area contributed by atoms with Crippen molar-refractivity contribution < 1.29 is 14.3 Å². The molecule has 0 radical (unpaired) electrons. The van der Waals surface area contributed by atoms with Crippen LogP contribution in [0.4, 0.5) is 10.1 Å². The highest BCUT2D eigenvalue weighted by Gasteiger charge is 2.00. The molecule has 0 fully saturated rings. The van der Waals surface area contributed by atoms with Gasteiger partial charge in [-0.1, -0.05) is 29.8 Å². The molecule has 2 aromatic rings. The lowest BCUT2D eigenvalue weighted by Gasteiger charge is -2.03. The van der Waals surface area contributed by atoms with Crippen molar-refractivity contribution in [3.8, 4) is 0 Å². The average molecular weight is 306 g/mol. The molecule has 0 unspecified atom stereocenters. The molecule has 0 aliphatic heterocycles. The van der Waals surface area contributed by atoms with Crippen molar-refractivity contribution in [3.63, 3.8) is 0 Å². The smallest absolute Gasteiger partial charge is 0.248 e. The minimum atomic E-state index is -0.498. The summed E-state index contributed by atoms with van der Waals surface area (Å²) in [6, 6.07) is 11.1. The standard InChI is InChI=1S/C16H13ClFNO2/c17-14-9-11(3-7-15(14)18)4-8-16(21)19-13-5-1-12(10-20)2-6-13/h1-9,20H,10H2,(H,19,21). The number of amides is 1. The number of anilines is 1. The van der Waals surface area contributed by atoms with E-state index < -0.39 is 5.82 Å². The molecule has 0 aliphatic rings. The van der Waals surface area contributed by atoms with E-state index in [1.807, 2.05) is 0 Å². The molecule has 108 valence electrons. The summed E-state index contributed by atoms with van der Waals surface area (Å²) in [5.74, 6) is -0.811. The third-order valence-corrected chi connectivity index (χ3v) is 3.06. The van der Waals surface area contributed by atoms with E-state index in [4.69, 9.17) is 16.7 Å². The highest BCUT2D eigenvalue weighted by atomic mass is 35.5. The maximum Gasteiger partial charge on any atom is 0.248 e. The maximum absolute atomic E-state index is 13.0. The second-order valence-corrected chi connectivity index (χ2v) is 4.76. The Labute approximate surface area is 126 Å². The first kappa shape index (κ1) is 15.2. The predicted molar refractivity (Wildman–Crippen MR) is 81.4 cm³/mol. The fourth-order valence-corrected chi connectivity index (χ4v) is 1.85. The molecule has 0 saturated heterocycles. The summed E-state index contributed by atoms with van der Waals surface area (Å²) in [4.78, 5) is 11.7. The fourth-order valence-electron chi connectivity index (χ4n) is 1.67. The Balaban J connectivity index is 1.99. The molecule has 0 spiro atoms. The Morgan fingerprint density at radius 1 is 1.24 bits per heavy atom. The number of aliphatic hydroxyl groups is 1. The zero-order valence-corrected chi connectivity index (χ0v) is 11.8. The number of benzene rings is 2. The van der Waals surface area contributed by atoms with Gasteiger partial charge in [-0.3, -0.25) is 4.79 Å². The van der Waals surface area contributed by atoms with Gasteiger partial charge in [-0.15, -0.1) is 0 Å². The normalized spacial score (nSPS) is 10.8. The molecule has 21 heavy (non-hydrogen) atoms. The van der Waals surface area contributed by atoms with Crippen molar-refractivity contribution in [1.82, 2.24) is 0 Å².